The molecular formula is C14H21NO. The molecule has 16 heavy (non-hydrogen) atoms. The van der Waals surface area contributed by atoms with Crippen molar-refractivity contribution in [1.29, 1.82) is 0 Å². The van der Waals surface area contributed by atoms with Crippen molar-refractivity contribution in [2.24, 2.45) is 17.8 Å². The lowest BCUT2D eigenvalue weighted by Gasteiger charge is -2.29. The van der Waals surface area contributed by atoms with Gasteiger partial charge in [0.25, 0.3) is 0 Å². The summed E-state index contributed by atoms with van der Waals surface area (Å²) in [6, 6.07) is 0. The predicted octanol–water partition coefficient (Wildman–Crippen LogP) is 2.60. The van der Waals surface area contributed by atoms with Crippen molar-refractivity contribution in [1.82, 2.24) is 4.90 Å². The zero-order valence-electron chi connectivity index (χ0n) is 10.1. The minimum absolute atomic E-state index is 0.315. The maximum Gasteiger partial charge on any atom is 0.157 e. The lowest BCUT2D eigenvalue weighted by molar-refractivity contribution is -0.114. The lowest BCUT2D eigenvalue weighted by atomic mass is 9.88. The molecule has 0 aromatic rings. The molecule has 0 heterocycles. The maximum absolute atomic E-state index is 11.2. The molecule has 0 saturated heterocycles. The van der Waals surface area contributed by atoms with E-state index < -0.39 is 0 Å². The highest BCUT2D eigenvalue weighted by Crippen LogP contribution is 2.48. The van der Waals surface area contributed by atoms with Crippen molar-refractivity contribution < 1.29 is 4.79 Å². The number of ketones is 1. The first-order valence-corrected chi connectivity index (χ1v) is 6.67. The monoisotopic (exact) mass is 219 g/mol. The number of hydrogen-bond acceptors (Lipinski definition) is 2. The second kappa shape index (κ2) is 3.90. The Morgan fingerprint density at radius 3 is 2.75 bits per heavy atom. The Morgan fingerprint density at radius 2 is 2.19 bits per heavy atom. The van der Waals surface area contributed by atoms with Gasteiger partial charge in [-0.2, -0.15) is 0 Å². The van der Waals surface area contributed by atoms with E-state index in [1.165, 1.54) is 37.9 Å². The average Bonchev–Trinajstić information content (AvgIpc) is 2.92. The molecule has 0 radical (unpaired) electrons. The Balaban J connectivity index is 1.59. The molecule has 0 spiro atoms. The van der Waals surface area contributed by atoms with Gasteiger partial charge in [0, 0.05) is 31.8 Å². The Labute approximate surface area is 97.7 Å². The summed E-state index contributed by atoms with van der Waals surface area (Å²) in [4.78, 5) is 13.6. The van der Waals surface area contributed by atoms with E-state index >= 15 is 0 Å². The number of carbonyl (C=O) groups excluding carboxylic acids is 1. The third-order valence-corrected chi connectivity index (χ3v) is 4.84. The normalized spacial score (nSPS) is 36.9. The van der Waals surface area contributed by atoms with Gasteiger partial charge in [0.15, 0.2) is 5.78 Å². The quantitative estimate of drug-likeness (QED) is 0.727. The van der Waals surface area contributed by atoms with Crippen LogP contribution in [0.3, 0.4) is 0 Å². The fourth-order valence-corrected chi connectivity index (χ4v) is 3.95. The first kappa shape index (κ1) is 10.4. The summed E-state index contributed by atoms with van der Waals surface area (Å²) in [5, 5.41) is 0. The molecule has 0 aromatic carbocycles. The van der Waals surface area contributed by atoms with Crippen LogP contribution in [0.1, 0.15) is 38.5 Å². The highest BCUT2D eigenvalue weighted by molar-refractivity contribution is 5.92. The van der Waals surface area contributed by atoms with Gasteiger partial charge < -0.3 is 4.90 Å². The van der Waals surface area contributed by atoms with E-state index in [0.717, 1.165) is 30.6 Å². The van der Waals surface area contributed by atoms with E-state index in [-0.39, 0.29) is 0 Å². The van der Waals surface area contributed by atoms with Gasteiger partial charge in [-0.1, -0.05) is 6.42 Å². The number of hydrogen-bond donors (Lipinski definition) is 0. The Hall–Kier alpha value is -0.790. The summed E-state index contributed by atoms with van der Waals surface area (Å²) in [6.45, 7) is 1.18. The molecule has 3 aliphatic carbocycles. The summed E-state index contributed by atoms with van der Waals surface area (Å²) >= 11 is 0. The first-order valence-electron chi connectivity index (χ1n) is 6.67. The van der Waals surface area contributed by atoms with Gasteiger partial charge in [-0.05, 0) is 43.4 Å². The smallest absolute Gasteiger partial charge is 0.157 e. The second-order valence-electron chi connectivity index (χ2n) is 5.92. The molecule has 0 aromatic heterocycles. The molecule has 0 amide bonds. The molecule has 3 unspecified atom stereocenters. The molecule has 3 rings (SSSR count). The SMILES string of the molecule is CN(CC1CC2CCC1C2)C1=CC(=O)CC1. The van der Waals surface area contributed by atoms with Gasteiger partial charge in [0.2, 0.25) is 0 Å². The van der Waals surface area contributed by atoms with Crippen LogP contribution in [0.2, 0.25) is 0 Å². The zero-order chi connectivity index (χ0) is 11.1. The third kappa shape index (κ3) is 1.79. The number of allylic oxidation sites excluding steroid dienone is 2. The van der Waals surface area contributed by atoms with E-state index in [4.69, 9.17) is 0 Å². The highest BCUT2D eigenvalue weighted by Gasteiger charge is 2.39. The Morgan fingerprint density at radius 1 is 1.31 bits per heavy atom. The molecule has 3 atom stereocenters. The second-order valence-corrected chi connectivity index (χ2v) is 5.92. The standard InChI is InChI=1S/C14H21NO/c1-15(13-4-5-14(16)8-13)9-12-7-10-2-3-11(12)6-10/h8,10-12H,2-7,9H2,1H3. The van der Waals surface area contributed by atoms with E-state index in [2.05, 4.69) is 11.9 Å². The number of rotatable bonds is 3. The molecule has 2 heteroatoms. The van der Waals surface area contributed by atoms with Gasteiger partial charge in [-0.3, -0.25) is 4.79 Å². The van der Waals surface area contributed by atoms with Crippen molar-refractivity contribution in [3.8, 4) is 0 Å². The molecular weight excluding hydrogens is 198 g/mol. The molecule has 2 fully saturated rings. The Kier molecular flexibility index (Phi) is 2.53. The van der Waals surface area contributed by atoms with Crippen LogP contribution < -0.4 is 0 Å². The van der Waals surface area contributed by atoms with Gasteiger partial charge in [-0.15, -0.1) is 0 Å². The zero-order valence-corrected chi connectivity index (χ0v) is 10.1. The van der Waals surface area contributed by atoms with Crippen molar-refractivity contribution in [2.75, 3.05) is 13.6 Å². The fraction of sp³-hybridized carbons (Fsp3) is 0.786. The average molecular weight is 219 g/mol. The highest BCUT2D eigenvalue weighted by atomic mass is 16.1. The molecule has 0 aliphatic heterocycles. The van der Waals surface area contributed by atoms with Crippen LogP contribution in [0.15, 0.2) is 11.8 Å². The van der Waals surface area contributed by atoms with Gasteiger partial charge in [0.05, 0.1) is 0 Å². The number of fused-ring (bicyclic) bond motifs is 2. The van der Waals surface area contributed by atoms with Gasteiger partial charge in [-0.25, -0.2) is 0 Å². The predicted molar refractivity (Wildman–Crippen MR) is 63.9 cm³/mol. The molecule has 2 bridgehead atoms. The third-order valence-electron chi connectivity index (χ3n) is 4.84. The van der Waals surface area contributed by atoms with Crippen LogP contribution in [-0.2, 0) is 4.79 Å². The number of carbonyl (C=O) groups is 1. The summed E-state index contributed by atoms with van der Waals surface area (Å²) in [7, 11) is 2.16. The topological polar surface area (TPSA) is 20.3 Å². The summed E-state index contributed by atoms with van der Waals surface area (Å²) in [5.41, 5.74) is 1.27. The van der Waals surface area contributed by atoms with E-state index in [1.54, 1.807) is 0 Å². The molecule has 2 nitrogen and oxygen atoms in total. The molecule has 88 valence electrons. The van der Waals surface area contributed by atoms with Crippen LogP contribution in [0, 0.1) is 17.8 Å². The van der Waals surface area contributed by atoms with Crippen LogP contribution in [-0.4, -0.2) is 24.3 Å². The van der Waals surface area contributed by atoms with E-state index in [1.807, 2.05) is 6.08 Å². The molecule has 2 saturated carbocycles. The largest absolute Gasteiger partial charge is 0.377 e. The summed E-state index contributed by atoms with van der Waals surface area (Å²) in [6.07, 6.45) is 9.42. The van der Waals surface area contributed by atoms with Crippen molar-refractivity contribution >= 4 is 5.78 Å². The molecule has 3 aliphatic rings. The van der Waals surface area contributed by atoms with Gasteiger partial charge >= 0.3 is 0 Å². The Bertz CT molecular complexity index is 334. The van der Waals surface area contributed by atoms with Crippen molar-refractivity contribution in [2.45, 2.75) is 38.5 Å². The van der Waals surface area contributed by atoms with Gasteiger partial charge in [0.1, 0.15) is 0 Å². The maximum atomic E-state index is 11.2. The summed E-state index contributed by atoms with van der Waals surface area (Å²) < 4.78 is 0. The van der Waals surface area contributed by atoms with Crippen LogP contribution in [0.25, 0.3) is 0 Å². The first-order chi connectivity index (χ1) is 7.72. The molecule has 0 N–H and O–H groups in total. The van der Waals surface area contributed by atoms with Crippen molar-refractivity contribution in [3.63, 3.8) is 0 Å². The minimum Gasteiger partial charge on any atom is -0.377 e. The van der Waals surface area contributed by atoms with Crippen LogP contribution >= 0.6 is 0 Å². The van der Waals surface area contributed by atoms with E-state index in [9.17, 15) is 4.79 Å². The van der Waals surface area contributed by atoms with Crippen molar-refractivity contribution in [3.05, 3.63) is 11.8 Å². The van der Waals surface area contributed by atoms with Crippen LogP contribution in [0.5, 0.6) is 0 Å². The summed E-state index contributed by atoms with van der Waals surface area (Å²) in [5.74, 6) is 3.24. The minimum atomic E-state index is 0.315. The fourth-order valence-electron chi connectivity index (χ4n) is 3.95. The number of nitrogens with zero attached hydrogens (tertiary/aromatic N) is 1. The van der Waals surface area contributed by atoms with E-state index in [0.29, 0.717) is 5.78 Å². The lowest BCUT2D eigenvalue weighted by Crippen LogP contribution is -2.27. The van der Waals surface area contributed by atoms with Crippen LogP contribution in [0.4, 0.5) is 0 Å².